The van der Waals surface area contributed by atoms with Crippen LogP contribution in [0.15, 0.2) is 60.8 Å². The smallest absolute Gasteiger partial charge is 0.349 e. The predicted octanol–water partition coefficient (Wildman–Crippen LogP) is 3.19. The van der Waals surface area contributed by atoms with Gasteiger partial charge in [0.25, 0.3) is 0 Å². The molecule has 1 heterocycles. The normalized spacial score (nSPS) is 11.1. The second-order valence-corrected chi connectivity index (χ2v) is 5.05. The van der Waals surface area contributed by atoms with Gasteiger partial charge in [-0.15, -0.1) is 0 Å². The van der Waals surface area contributed by atoms with Crippen molar-refractivity contribution in [3.05, 3.63) is 77.5 Å². The van der Waals surface area contributed by atoms with Crippen LogP contribution in [0.3, 0.4) is 0 Å². The third-order valence-electron chi connectivity index (χ3n) is 3.56. The SMILES string of the molecule is NOC(=O)/C=C/c1ccc2[nH]cc(Cc3ccccc3)c2c1. The van der Waals surface area contributed by atoms with Crippen LogP contribution in [0.2, 0.25) is 0 Å². The molecule has 0 unspecified atom stereocenters. The molecule has 0 atom stereocenters. The summed E-state index contributed by atoms with van der Waals surface area (Å²) < 4.78 is 0. The van der Waals surface area contributed by atoms with E-state index in [0.29, 0.717) is 0 Å². The van der Waals surface area contributed by atoms with Crippen molar-refractivity contribution < 1.29 is 9.63 Å². The van der Waals surface area contributed by atoms with E-state index in [2.05, 4.69) is 22.0 Å². The molecule has 0 aliphatic rings. The summed E-state index contributed by atoms with van der Waals surface area (Å²) in [5.74, 6) is 4.24. The van der Waals surface area contributed by atoms with Crippen LogP contribution >= 0.6 is 0 Å². The van der Waals surface area contributed by atoms with E-state index in [4.69, 9.17) is 5.90 Å². The van der Waals surface area contributed by atoms with E-state index >= 15 is 0 Å². The first-order chi connectivity index (χ1) is 10.8. The number of aromatic nitrogens is 1. The number of nitrogens with one attached hydrogen (secondary N) is 1. The summed E-state index contributed by atoms with van der Waals surface area (Å²) in [5.41, 5.74) is 4.48. The lowest BCUT2D eigenvalue weighted by molar-refractivity contribution is -0.138. The van der Waals surface area contributed by atoms with Crippen LogP contribution in [0.1, 0.15) is 16.7 Å². The van der Waals surface area contributed by atoms with Gasteiger partial charge in [-0.1, -0.05) is 36.4 Å². The summed E-state index contributed by atoms with van der Waals surface area (Å²) in [4.78, 5) is 18.5. The van der Waals surface area contributed by atoms with E-state index in [-0.39, 0.29) is 0 Å². The zero-order chi connectivity index (χ0) is 15.4. The quantitative estimate of drug-likeness (QED) is 0.573. The molecular weight excluding hydrogens is 276 g/mol. The molecular formula is C18H16N2O2. The highest BCUT2D eigenvalue weighted by Crippen LogP contribution is 2.23. The van der Waals surface area contributed by atoms with Crippen molar-refractivity contribution in [2.24, 2.45) is 5.90 Å². The minimum absolute atomic E-state index is 0.571. The van der Waals surface area contributed by atoms with Gasteiger partial charge in [0.15, 0.2) is 0 Å². The Morgan fingerprint density at radius 3 is 2.77 bits per heavy atom. The van der Waals surface area contributed by atoms with Gasteiger partial charge in [0.2, 0.25) is 0 Å². The first kappa shape index (κ1) is 14.1. The Labute approximate surface area is 128 Å². The lowest BCUT2D eigenvalue weighted by Gasteiger charge is -2.01. The maximum absolute atomic E-state index is 11.1. The summed E-state index contributed by atoms with van der Waals surface area (Å²) >= 11 is 0. The van der Waals surface area contributed by atoms with Gasteiger partial charge in [-0.3, -0.25) is 0 Å². The zero-order valence-electron chi connectivity index (χ0n) is 12.0. The number of H-pyrrole nitrogens is 1. The highest BCUT2D eigenvalue weighted by atomic mass is 16.7. The molecule has 22 heavy (non-hydrogen) atoms. The van der Waals surface area contributed by atoms with E-state index in [9.17, 15) is 4.79 Å². The van der Waals surface area contributed by atoms with Gasteiger partial charge in [0.1, 0.15) is 0 Å². The van der Waals surface area contributed by atoms with Crippen molar-refractivity contribution in [2.75, 3.05) is 0 Å². The monoisotopic (exact) mass is 292 g/mol. The second kappa shape index (κ2) is 6.28. The van der Waals surface area contributed by atoms with E-state index in [0.717, 1.165) is 22.9 Å². The third-order valence-corrected chi connectivity index (χ3v) is 3.56. The van der Waals surface area contributed by atoms with E-state index in [1.165, 1.54) is 17.2 Å². The average molecular weight is 292 g/mol. The largest absolute Gasteiger partial charge is 0.370 e. The molecule has 0 fully saturated rings. The number of fused-ring (bicyclic) bond motifs is 1. The topological polar surface area (TPSA) is 68.1 Å². The Hall–Kier alpha value is -2.85. The number of nitrogens with two attached hydrogens (primary N) is 1. The molecule has 3 rings (SSSR count). The molecule has 0 aliphatic carbocycles. The lowest BCUT2D eigenvalue weighted by atomic mass is 10.0. The van der Waals surface area contributed by atoms with Gasteiger partial charge < -0.3 is 9.82 Å². The minimum atomic E-state index is -0.571. The standard InChI is InChI=1S/C18H16N2O2/c19-22-18(21)9-7-14-6-8-17-16(11-14)15(12-20-17)10-13-4-2-1-3-5-13/h1-9,11-12,20H,10,19H2/b9-7+. The average Bonchev–Trinajstić information content (AvgIpc) is 2.96. The highest BCUT2D eigenvalue weighted by Gasteiger charge is 2.05. The summed E-state index contributed by atoms with van der Waals surface area (Å²) in [5, 5.41) is 1.15. The van der Waals surface area contributed by atoms with Crippen LogP contribution in [-0.4, -0.2) is 11.0 Å². The molecule has 0 saturated carbocycles. The molecule has 0 bridgehead atoms. The Kier molecular flexibility index (Phi) is 4.03. The van der Waals surface area contributed by atoms with Crippen LogP contribution in [0.5, 0.6) is 0 Å². The van der Waals surface area contributed by atoms with Gasteiger partial charge in [-0.2, -0.15) is 5.90 Å². The van der Waals surface area contributed by atoms with Crippen LogP contribution < -0.4 is 5.90 Å². The first-order valence-electron chi connectivity index (χ1n) is 6.99. The van der Waals surface area contributed by atoms with Crippen molar-refractivity contribution in [3.8, 4) is 0 Å². The molecule has 2 aromatic carbocycles. The van der Waals surface area contributed by atoms with Crippen LogP contribution in [0, 0.1) is 0 Å². The molecule has 0 radical (unpaired) electrons. The summed E-state index contributed by atoms with van der Waals surface area (Å²) in [6, 6.07) is 16.3. The van der Waals surface area contributed by atoms with Gasteiger partial charge >= 0.3 is 5.97 Å². The molecule has 110 valence electrons. The number of hydrogen-bond donors (Lipinski definition) is 2. The lowest BCUT2D eigenvalue weighted by Crippen LogP contribution is -2.05. The molecule has 0 amide bonds. The van der Waals surface area contributed by atoms with Crippen molar-refractivity contribution >= 4 is 22.9 Å². The van der Waals surface area contributed by atoms with Crippen LogP contribution in [-0.2, 0) is 16.1 Å². The molecule has 3 aromatic rings. The molecule has 3 N–H and O–H groups in total. The fraction of sp³-hybridized carbons (Fsp3) is 0.0556. The van der Waals surface area contributed by atoms with Gasteiger partial charge in [0, 0.05) is 23.2 Å². The summed E-state index contributed by atoms with van der Waals surface area (Å²) in [6.07, 6.45) is 5.89. The number of benzene rings is 2. The molecule has 0 saturated heterocycles. The number of hydrogen-bond acceptors (Lipinski definition) is 3. The van der Waals surface area contributed by atoms with Crippen molar-refractivity contribution in [1.82, 2.24) is 4.98 Å². The Morgan fingerprint density at radius 2 is 2.00 bits per heavy atom. The van der Waals surface area contributed by atoms with E-state index < -0.39 is 5.97 Å². The Morgan fingerprint density at radius 1 is 1.18 bits per heavy atom. The highest BCUT2D eigenvalue weighted by molar-refractivity contribution is 5.89. The maximum atomic E-state index is 11.1. The molecule has 4 nitrogen and oxygen atoms in total. The van der Waals surface area contributed by atoms with Gasteiger partial charge in [-0.05, 0) is 41.3 Å². The minimum Gasteiger partial charge on any atom is -0.370 e. The van der Waals surface area contributed by atoms with Gasteiger partial charge in [0.05, 0.1) is 0 Å². The molecule has 0 aliphatic heterocycles. The van der Waals surface area contributed by atoms with Crippen molar-refractivity contribution in [1.29, 1.82) is 0 Å². The fourth-order valence-corrected chi connectivity index (χ4v) is 2.47. The number of carbonyl (C=O) groups excluding carboxylic acids is 1. The van der Waals surface area contributed by atoms with Crippen molar-refractivity contribution in [2.45, 2.75) is 6.42 Å². The Balaban J connectivity index is 1.92. The molecule has 1 aromatic heterocycles. The second-order valence-electron chi connectivity index (χ2n) is 5.05. The zero-order valence-corrected chi connectivity index (χ0v) is 12.0. The molecule has 0 spiro atoms. The van der Waals surface area contributed by atoms with Gasteiger partial charge in [-0.25, -0.2) is 4.79 Å². The number of rotatable bonds is 4. The Bertz CT molecular complexity index is 819. The van der Waals surface area contributed by atoms with Crippen molar-refractivity contribution in [3.63, 3.8) is 0 Å². The molecule has 4 heteroatoms. The number of carbonyl (C=O) groups is 1. The predicted molar refractivity (Wildman–Crippen MR) is 86.9 cm³/mol. The van der Waals surface area contributed by atoms with Crippen LogP contribution in [0.4, 0.5) is 0 Å². The first-order valence-corrected chi connectivity index (χ1v) is 6.99. The van der Waals surface area contributed by atoms with E-state index in [1.54, 1.807) is 6.08 Å². The fourth-order valence-electron chi connectivity index (χ4n) is 2.47. The van der Waals surface area contributed by atoms with E-state index in [1.807, 2.05) is 42.6 Å². The van der Waals surface area contributed by atoms with Crippen LogP contribution in [0.25, 0.3) is 17.0 Å². The number of aromatic amines is 1. The summed E-state index contributed by atoms with van der Waals surface area (Å²) in [7, 11) is 0. The summed E-state index contributed by atoms with van der Waals surface area (Å²) in [6.45, 7) is 0. The maximum Gasteiger partial charge on any atom is 0.349 e. The third kappa shape index (κ3) is 3.07.